The number of nitrogens with one attached hydrogen (secondary N) is 2. The first-order chi connectivity index (χ1) is 19.5. The van der Waals surface area contributed by atoms with E-state index in [0.29, 0.717) is 40.2 Å². The van der Waals surface area contributed by atoms with Crippen LogP contribution in [0.5, 0.6) is 0 Å². The summed E-state index contributed by atoms with van der Waals surface area (Å²) in [6, 6.07) is 16.4. The molecular weight excluding hydrogens is 508 g/mol. The van der Waals surface area contributed by atoms with Gasteiger partial charge in [-0.3, -0.25) is 14.5 Å². The van der Waals surface area contributed by atoms with Gasteiger partial charge in [0.1, 0.15) is 6.07 Å². The molecule has 1 aliphatic rings. The Labute approximate surface area is 230 Å². The summed E-state index contributed by atoms with van der Waals surface area (Å²) in [6.07, 6.45) is 4.26. The highest BCUT2D eigenvalue weighted by Crippen LogP contribution is 2.26. The quantitative estimate of drug-likeness (QED) is 0.290. The van der Waals surface area contributed by atoms with E-state index in [1.807, 2.05) is 24.3 Å². The monoisotopic (exact) mass is 536 g/mol. The van der Waals surface area contributed by atoms with E-state index in [1.165, 1.54) is 18.3 Å². The van der Waals surface area contributed by atoms with Crippen molar-refractivity contribution in [2.24, 2.45) is 0 Å². The molecule has 0 atom stereocenters. The zero-order chi connectivity index (χ0) is 28.1. The van der Waals surface area contributed by atoms with Crippen LogP contribution in [0.1, 0.15) is 5.56 Å². The number of carbonyl (C=O) groups excluding carboxylic acids is 1. The number of hydrogen-bond acceptors (Lipinski definition) is 9. The molecule has 11 nitrogen and oxygen atoms in total. The topological polar surface area (TPSA) is 139 Å². The third kappa shape index (κ3) is 5.68. The van der Waals surface area contributed by atoms with Gasteiger partial charge >= 0.3 is 0 Å². The Hall–Kier alpha value is -5.05. The molecule has 3 N–H and O–H groups in total. The zero-order valence-electron chi connectivity index (χ0n) is 21.7. The Morgan fingerprint density at radius 1 is 1.12 bits per heavy atom. The Kier molecular flexibility index (Phi) is 7.82. The smallest absolute Gasteiger partial charge is 0.247 e. The number of anilines is 4. The Morgan fingerprint density at radius 3 is 2.70 bits per heavy atom. The van der Waals surface area contributed by atoms with Crippen LogP contribution < -0.4 is 21.0 Å². The minimum absolute atomic E-state index is 0.145. The summed E-state index contributed by atoms with van der Waals surface area (Å²) in [4.78, 5) is 37.7. The highest BCUT2D eigenvalue weighted by molar-refractivity contribution is 5.99. The van der Waals surface area contributed by atoms with Crippen molar-refractivity contribution in [1.82, 2.24) is 19.4 Å². The van der Waals surface area contributed by atoms with Gasteiger partial charge in [0.25, 0.3) is 0 Å². The van der Waals surface area contributed by atoms with Crippen LogP contribution in [0.25, 0.3) is 16.7 Å². The van der Waals surface area contributed by atoms with Gasteiger partial charge in [-0.25, -0.2) is 4.98 Å². The van der Waals surface area contributed by atoms with Crippen LogP contribution in [0.3, 0.4) is 0 Å². The number of rotatable bonds is 8. The van der Waals surface area contributed by atoms with E-state index in [4.69, 9.17) is 0 Å². The highest BCUT2D eigenvalue weighted by atomic mass is 16.3. The van der Waals surface area contributed by atoms with Crippen LogP contribution in [-0.4, -0.2) is 69.8 Å². The van der Waals surface area contributed by atoms with E-state index in [-0.39, 0.29) is 23.9 Å². The molecule has 0 unspecified atom stereocenters. The van der Waals surface area contributed by atoms with Gasteiger partial charge in [-0.05, 0) is 42.5 Å². The molecule has 2 aromatic carbocycles. The van der Waals surface area contributed by atoms with E-state index >= 15 is 0 Å². The normalized spacial score (nSPS) is 13.6. The average molecular weight is 537 g/mol. The number of carbonyl (C=O) groups is 1. The lowest BCUT2D eigenvalue weighted by molar-refractivity contribution is -0.111. The molecule has 202 valence electrons. The molecule has 0 bridgehead atoms. The van der Waals surface area contributed by atoms with Crippen LogP contribution in [0.15, 0.2) is 78.4 Å². The molecule has 1 amide bonds. The Balaban J connectivity index is 1.44. The van der Waals surface area contributed by atoms with Gasteiger partial charge in [-0.2, -0.15) is 10.2 Å². The van der Waals surface area contributed by atoms with E-state index in [0.717, 1.165) is 31.9 Å². The molecule has 0 aliphatic carbocycles. The predicted octanol–water partition coefficient (Wildman–Crippen LogP) is 2.63. The molecule has 1 saturated heterocycles. The van der Waals surface area contributed by atoms with Crippen molar-refractivity contribution in [3.63, 3.8) is 0 Å². The first kappa shape index (κ1) is 26.6. The fraction of sp³-hybridized carbons (Fsp3) is 0.207. The molecule has 2 aromatic heterocycles. The van der Waals surface area contributed by atoms with Crippen LogP contribution in [-0.2, 0) is 4.79 Å². The van der Waals surface area contributed by atoms with Crippen LogP contribution in [0.4, 0.5) is 23.0 Å². The first-order valence-electron chi connectivity index (χ1n) is 12.8. The lowest BCUT2D eigenvalue weighted by Crippen LogP contribution is -2.47. The average Bonchev–Trinajstić information content (AvgIpc) is 2.98. The van der Waals surface area contributed by atoms with Gasteiger partial charge < -0.3 is 25.2 Å². The summed E-state index contributed by atoms with van der Waals surface area (Å²) in [5.41, 5.74) is 3.32. The maximum absolute atomic E-state index is 12.6. The van der Waals surface area contributed by atoms with Gasteiger partial charge in [0.15, 0.2) is 11.1 Å². The molecular formula is C29H28N8O3. The van der Waals surface area contributed by atoms with Crippen molar-refractivity contribution in [3.8, 4) is 11.8 Å². The summed E-state index contributed by atoms with van der Waals surface area (Å²) in [7, 11) is 0. The molecule has 1 fully saturated rings. The number of pyridine rings is 1. The molecule has 3 heterocycles. The molecule has 40 heavy (non-hydrogen) atoms. The van der Waals surface area contributed by atoms with Crippen molar-refractivity contribution >= 4 is 40.0 Å². The third-order valence-corrected chi connectivity index (χ3v) is 6.74. The third-order valence-electron chi connectivity index (χ3n) is 6.74. The number of fused-ring (bicyclic) bond motifs is 1. The molecule has 0 radical (unpaired) electrons. The summed E-state index contributed by atoms with van der Waals surface area (Å²) in [6.45, 7) is 7.59. The first-order valence-corrected chi connectivity index (χ1v) is 12.8. The number of β-amino-alcohol motifs (C(OH)–C–C–N with tert-alkyl or cyclic N) is 1. The van der Waals surface area contributed by atoms with E-state index in [2.05, 4.69) is 43.0 Å². The molecule has 4 aromatic rings. The van der Waals surface area contributed by atoms with Crippen molar-refractivity contribution < 1.29 is 9.90 Å². The summed E-state index contributed by atoms with van der Waals surface area (Å²) >= 11 is 0. The fourth-order valence-electron chi connectivity index (χ4n) is 4.65. The molecule has 0 saturated carbocycles. The zero-order valence-corrected chi connectivity index (χ0v) is 21.7. The maximum atomic E-state index is 12.6. The number of aliphatic hydroxyl groups is 1. The number of nitriles is 1. The standard InChI is InChI=1S/C29H28N8O3/c1-2-27(40)32-21-4-3-5-23(17-21)37-9-8-26(39)24-19-31-29(34-28(24)37)33-25-7-6-22(16-20(25)18-30)36-12-10-35(11-13-36)14-15-38/h2-9,16-17,19,38H,1,10-15H2,(H,32,40)(H,31,33,34). The second kappa shape index (κ2) is 11.8. The minimum atomic E-state index is -0.334. The molecule has 11 heteroatoms. The lowest BCUT2D eigenvalue weighted by atomic mass is 10.1. The van der Waals surface area contributed by atoms with Gasteiger partial charge in [0, 0.05) is 68.2 Å². The lowest BCUT2D eigenvalue weighted by Gasteiger charge is -2.36. The number of piperazine rings is 1. The van der Waals surface area contributed by atoms with E-state index in [1.54, 1.807) is 29.0 Å². The van der Waals surface area contributed by atoms with Gasteiger partial charge in [0.2, 0.25) is 11.9 Å². The second-order valence-corrected chi connectivity index (χ2v) is 9.24. The molecule has 0 spiro atoms. The Morgan fingerprint density at radius 2 is 1.95 bits per heavy atom. The van der Waals surface area contributed by atoms with E-state index in [9.17, 15) is 20.0 Å². The number of hydrogen-bond donors (Lipinski definition) is 3. The fourth-order valence-corrected chi connectivity index (χ4v) is 4.65. The van der Waals surface area contributed by atoms with Crippen LogP contribution in [0, 0.1) is 11.3 Å². The summed E-state index contributed by atoms with van der Waals surface area (Å²) < 4.78 is 1.73. The number of benzene rings is 2. The predicted molar refractivity (Wildman–Crippen MR) is 154 cm³/mol. The number of aromatic nitrogens is 3. The number of aliphatic hydroxyl groups excluding tert-OH is 1. The minimum Gasteiger partial charge on any atom is -0.395 e. The molecule has 5 rings (SSSR count). The molecule has 1 aliphatic heterocycles. The largest absolute Gasteiger partial charge is 0.395 e. The maximum Gasteiger partial charge on any atom is 0.247 e. The van der Waals surface area contributed by atoms with Crippen molar-refractivity contribution in [2.75, 3.05) is 54.9 Å². The van der Waals surface area contributed by atoms with Crippen LogP contribution >= 0.6 is 0 Å². The van der Waals surface area contributed by atoms with Crippen molar-refractivity contribution in [1.29, 1.82) is 5.26 Å². The van der Waals surface area contributed by atoms with Gasteiger partial charge in [-0.1, -0.05) is 12.6 Å². The number of amides is 1. The van der Waals surface area contributed by atoms with Gasteiger partial charge in [0.05, 0.1) is 23.2 Å². The SMILES string of the molecule is C=CC(=O)Nc1cccc(-n2ccc(=O)c3cnc(Nc4ccc(N5CCN(CCO)CC5)cc4C#N)nc32)c1. The highest BCUT2D eigenvalue weighted by Gasteiger charge is 2.18. The summed E-state index contributed by atoms with van der Waals surface area (Å²) in [5.74, 6) is -0.108. The van der Waals surface area contributed by atoms with Gasteiger partial charge in [-0.15, -0.1) is 0 Å². The van der Waals surface area contributed by atoms with Crippen LogP contribution in [0.2, 0.25) is 0 Å². The van der Waals surface area contributed by atoms with Crippen molar-refractivity contribution in [2.45, 2.75) is 0 Å². The second-order valence-electron chi connectivity index (χ2n) is 9.24. The summed E-state index contributed by atoms with van der Waals surface area (Å²) in [5, 5.41) is 25.2. The van der Waals surface area contributed by atoms with E-state index < -0.39 is 0 Å². The Bertz CT molecular complexity index is 1670. The van der Waals surface area contributed by atoms with Crippen molar-refractivity contribution in [3.05, 3.63) is 89.4 Å². The number of nitrogens with zero attached hydrogens (tertiary/aromatic N) is 6.